The summed E-state index contributed by atoms with van der Waals surface area (Å²) >= 11 is 0. The molecule has 0 spiro atoms. The molecule has 160 valence electrons. The maximum atomic E-state index is 6.06. The van der Waals surface area contributed by atoms with Gasteiger partial charge in [0.25, 0.3) is 0 Å². The van der Waals surface area contributed by atoms with Gasteiger partial charge in [-0.3, -0.25) is 0 Å². The highest BCUT2D eigenvalue weighted by atomic mass is 16.5. The van der Waals surface area contributed by atoms with Crippen molar-refractivity contribution in [3.63, 3.8) is 0 Å². The quantitative estimate of drug-likeness (QED) is 0.452. The highest BCUT2D eigenvalue weighted by molar-refractivity contribution is 5.85. The third-order valence-corrected chi connectivity index (χ3v) is 4.88. The summed E-state index contributed by atoms with van der Waals surface area (Å²) in [6, 6.07) is 20.1. The van der Waals surface area contributed by atoms with Gasteiger partial charge in [0.2, 0.25) is 0 Å². The topological polar surface area (TPSA) is 75.2 Å². The zero-order valence-corrected chi connectivity index (χ0v) is 18.4. The van der Waals surface area contributed by atoms with Gasteiger partial charge in [0, 0.05) is 6.54 Å². The third-order valence-electron chi connectivity index (χ3n) is 4.88. The zero-order chi connectivity index (χ0) is 22.0. The van der Waals surface area contributed by atoms with E-state index in [0.717, 1.165) is 44.9 Å². The van der Waals surface area contributed by atoms with Crippen LogP contribution in [0.15, 0.2) is 60.7 Å². The van der Waals surface area contributed by atoms with Crippen LogP contribution in [0.2, 0.25) is 0 Å². The van der Waals surface area contributed by atoms with Gasteiger partial charge in [-0.1, -0.05) is 17.3 Å². The maximum absolute atomic E-state index is 6.06. The maximum Gasteiger partial charge on any atom is 0.119 e. The van der Waals surface area contributed by atoms with E-state index in [-0.39, 0.29) is 12.2 Å². The lowest BCUT2D eigenvalue weighted by Gasteiger charge is -2.13. The minimum absolute atomic E-state index is 0.132. The van der Waals surface area contributed by atoms with Crippen LogP contribution in [-0.2, 0) is 6.54 Å². The lowest BCUT2D eigenvalue weighted by Crippen LogP contribution is -2.05. The number of hydrogen-bond donors (Lipinski definition) is 1. The van der Waals surface area contributed by atoms with Gasteiger partial charge in [0.05, 0.1) is 23.4 Å². The molecule has 0 aliphatic rings. The van der Waals surface area contributed by atoms with Gasteiger partial charge < -0.3 is 15.2 Å². The second-order valence-corrected chi connectivity index (χ2v) is 8.05. The van der Waals surface area contributed by atoms with Crippen LogP contribution in [0.1, 0.15) is 33.3 Å². The van der Waals surface area contributed by atoms with Crippen LogP contribution in [0.5, 0.6) is 11.5 Å². The van der Waals surface area contributed by atoms with Crippen LogP contribution in [0.3, 0.4) is 0 Å². The first-order valence-corrected chi connectivity index (χ1v) is 10.6. The Labute approximate surface area is 182 Å². The fourth-order valence-electron chi connectivity index (χ4n) is 3.56. The summed E-state index contributed by atoms with van der Waals surface area (Å²) in [5.74, 6) is 1.68. The van der Waals surface area contributed by atoms with Gasteiger partial charge in [-0.15, -0.1) is 5.10 Å². The van der Waals surface area contributed by atoms with Crippen LogP contribution < -0.4 is 15.2 Å². The highest BCUT2D eigenvalue weighted by Gasteiger charge is 2.13. The highest BCUT2D eigenvalue weighted by Crippen LogP contribution is 2.30. The van der Waals surface area contributed by atoms with Crippen molar-refractivity contribution in [1.29, 1.82) is 0 Å². The van der Waals surface area contributed by atoms with E-state index >= 15 is 0 Å². The third kappa shape index (κ3) is 4.54. The Bertz CT molecular complexity index is 1160. The molecule has 0 bridgehead atoms. The molecule has 6 heteroatoms. The van der Waals surface area contributed by atoms with Crippen molar-refractivity contribution in [2.75, 3.05) is 0 Å². The number of aromatic nitrogens is 3. The molecular weight excluding hydrogens is 388 g/mol. The first-order chi connectivity index (χ1) is 14.9. The molecule has 0 aliphatic heterocycles. The lowest BCUT2D eigenvalue weighted by molar-refractivity contribution is 0.242. The Morgan fingerprint density at radius 2 is 1.42 bits per heavy atom. The normalized spacial score (nSPS) is 11.5. The van der Waals surface area contributed by atoms with Gasteiger partial charge in [-0.2, -0.15) is 0 Å². The Morgan fingerprint density at radius 3 is 1.97 bits per heavy atom. The largest absolute Gasteiger partial charge is 0.491 e. The molecule has 4 aromatic rings. The van der Waals surface area contributed by atoms with Crippen molar-refractivity contribution in [3.8, 4) is 28.3 Å². The standard InChI is InChI=1S/C25H28N4O2/c1-16(2)30-21-9-5-18(6-10-21)23-14-25-24(13-19(23)15-26)27-28-29(25)20-7-11-22(12-8-20)31-17(3)4/h5-14,16-17H,15,26H2,1-4H3. The Balaban J connectivity index is 1.74. The van der Waals surface area contributed by atoms with Crippen molar-refractivity contribution in [2.45, 2.75) is 46.4 Å². The molecular formula is C25H28N4O2. The number of nitrogens with two attached hydrogens (primary N) is 1. The van der Waals surface area contributed by atoms with E-state index in [1.54, 1.807) is 0 Å². The van der Waals surface area contributed by atoms with Gasteiger partial charge >= 0.3 is 0 Å². The summed E-state index contributed by atoms with van der Waals surface area (Å²) in [6.07, 6.45) is 0.271. The second kappa shape index (κ2) is 8.78. The molecule has 4 rings (SSSR count). The van der Waals surface area contributed by atoms with Crippen LogP contribution in [0.25, 0.3) is 27.8 Å². The lowest BCUT2D eigenvalue weighted by atomic mass is 9.98. The number of benzene rings is 3. The van der Waals surface area contributed by atoms with Crippen LogP contribution in [0, 0.1) is 0 Å². The molecule has 0 amide bonds. The van der Waals surface area contributed by atoms with E-state index in [4.69, 9.17) is 15.2 Å². The van der Waals surface area contributed by atoms with E-state index < -0.39 is 0 Å². The molecule has 6 nitrogen and oxygen atoms in total. The van der Waals surface area contributed by atoms with Crippen LogP contribution >= 0.6 is 0 Å². The number of rotatable bonds is 7. The summed E-state index contributed by atoms with van der Waals surface area (Å²) in [5.41, 5.74) is 11.9. The van der Waals surface area contributed by atoms with Crippen molar-refractivity contribution in [2.24, 2.45) is 5.73 Å². The Morgan fingerprint density at radius 1 is 0.839 bits per heavy atom. The predicted molar refractivity (Wildman–Crippen MR) is 124 cm³/mol. The van der Waals surface area contributed by atoms with Crippen molar-refractivity contribution in [3.05, 3.63) is 66.2 Å². The fourth-order valence-corrected chi connectivity index (χ4v) is 3.56. The minimum atomic E-state index is 0.132. The molecule has 1 aromatic heterocycles. The van der Waals surface area contributed by atoms with Crippen LogP contribution in [0.4, 0.5) is 0 Å². The number of nitrogens with zero attached hydrogens (tertiary/aromatic N) is 3. The monoisotopic (exact) mass is 416 g/mol. The van der Waals surface area contributed by atoms with E-state index in [2.05, 4.69) is 28.5 Å². The van der Waals surface area contributed by atoms with E-state index in [1.807, 2.05) is 74.8 Å². The number of fused-ring (bicyclic) bond motifs is 1. The molecule has 0 atom stereocenters. The number of ether oxygens (including phenoxy) is 2. The Kier molecular flexibility index (Phi) is 5.91. The molecule has 0 aliphatic carbocycles. The Hall–Kier alpha value is -3.38. The summed E-state index contributed by atoms with van der Waals surface area (Å²) in [6.45, 7) is 8.48. The van der Waals surface area contributed by atoms with Crippen LogP contribution in [-0.4, -0.2) is 27.2 Å². The summed E-state index contributed by atoms with van der Waals surface area (Å²) in [7, 11) is 0. The molecule has 0 unspecified atom stereocenters. The van der Waals surface area contributed by atoms with E-state index in [0.29, 0.717) is 6.54 Å². The average molecular weight is 417 g/mol. The molecule has 0 fully saturated rings. The molecule has 0 saturated carbocycles. The first-order valence-electron chi connectivity index (χ1n) is 10.6. The molecule has 0 saturated heterocycles. The van der Waals surface area contributed by atoms with Crippen molar-refractivity contribution >= 4 is 11.0 Å². The second-order valence-electron chi connectivity index (χ2n) is 8.05. The van der Waals surface area contributed by atoms with E-state index in [1.165, 1.54) is 0 Å². The predicted octanol–water partition coefficient (Wildman–Crippen LogP) is 5.12. The molecule has 3 aromatic carbocycles. The summed E-state index contributed by atoms with van der Waals surface area (Å²) < 4.78 is 13.4. The summed E-state index contributed by atoms with van der Waals surface area (Å²) in [4.78, 5) is 0. The molecule has 0 radical (unpaired) electrons. The van der Waals surface area contributed by atoms with Crippen molar-refractivity contribution in [1.82, 2.24) is 15.0 Å². The van der Waals surface area contributed by atoms with Gasteiger partial charge in [-0.05, 0) is 92.9 Å². The molecule has 1 heterocycles. The fraction of sp³-hybridized carbons (Fsp3) is 0.280. The van der Waals surface area contributed by atoms with Gasteiger partial charge in [0.1, 0.15) is 17.0 Å². The molecule has 2 N–H and O–H groups in total. The molecule has 31 heavy (non-hydrogen) atoms. The zero-order valence-electron chi connectivity index (χ0n) is 18.4. The van der Waals surface area contributed by atoms with Crippen molar-refractivity contribution < 1.29 is 9.47 Å². The van der Waals surface area contributed by atoms with E-state index in [9.17, 15) is 0 Å². The minimum Gasteiger partial charge on any atom is -0.491 e. The van der Waals surface area contributed by atoms with Gasteiger partial charge in [0.15, 0.2) is 0 Å². The SMILES string of the molecule is CC(C)Oc1ccc(-c2cc3c(cc2CN)nnn3-c2ccc(OC(C)C)cc2)cc1. The smallest absolute Gasteiger partial charge is 0.119 e. The average Bonchev–Trinajstić information content (AvgIpc) is 3.16. The first kappa shape index (κ1) is 20.9. The van der Waals surface area contributed by atoms with Gasteiger partial charge in [-0.25, -0.2) is 4.68 Å². The number of hydrogen-bond acceptors (Lipinski definition) is 5. The summed E-state index contributed by atoms with van der Waals surface area (Å²) in [5, 5.41) is 8.74.